The largest absolute Gasteiger partial charge is 0.355 e. The summed E-state index contributed by atoms with van der Waals surface area (Å²) in [7, 11) is 0. The molecule has 5 heterocycles. The van der Waals surface area contributed by atoms with E-state index in [4.69, 9.17) is 9.97 Å². The zero-order valence-corrected chi connectivity index (χ0v) is 14.7. The molecule has 0 saturated carbocycles. The van der Waals surface area contributed by atoms with E-state index in [2.05, 4.69) is 24.7 Å². The predicted octanol–water partition coefficient (Wildman–Crippen LogP) is 2.22. The first kappa shape index (κ1) is 15.1. The van der Waals surface area contributed by atoms with Crippen molar-refractivity contribution < 1.29 is 0 Å². The Hall–Kier alpha value is -2.18. The Kier molecular flexibility index (Phi) is 3.79. The average Bonchev–Trinajstić information content (AvgIpc) is 3.44. The Balaban J connectivity index is 1.68. The van der Waals surface area contributed by atoms with Crippen molar-refractivity contribution in [1.29, 1.82) is 0 Å². The number of aromatic nitrogens is 4. The number of rotatable bonds is 3. The van der Waals surface area contributed by atoms with E-state index < -0.39 is 0 Å². The zero-order chi connectivity index (χ0) is 16.6. The summed E-state index contributed by atoms with van der Waals surface area (Å²) < 4.78 is 0. The summed E-state index contributed by atoms with van der Waals surface area (Å²) in [4.78, 5) is 26.2. The standard InChI is InChI=1S/C18H25N7/c1-2-8-23(7-1)16-15-14(19-13-20-16)17(24-9-3-4-10-24)22-18(21-15)25-11-5-6-12-25/h13H,1-12H2. The van der Waals surface area contributed by atoms with Gasteiger partial charge in [0.25, 0.3) is 0 Å². The van der Waals surface area contributed by atoms with Crippen molar-refractivity contribution >= 4 is 28.6 Å². The van der Waals surface area contributed by atoms with Gasteiger partial charge in [-0.15, -0.1) is 0 Å². The third-order valence-corrected chi connectivity index (χ3v) is 5.63. The van der Waals surface area contributed by atoms with Crippen LogP contribution >= 0.6 is 0 Å². The van der Waals surface area contributed by atoms with Gasteiger partial charge in [-0.2, -0.15) is 4.98 Å². The van der Waals surface area contributed by atoms with Gasteiger partial charge >= 0.3 is 0 Å². The normalized spacial score (nSPS) is 21.0. The van der Waals surface area contributed by atoms with Crippen molar-refractivity contribution in [2.45, 2.75) is 38.5 Å². The van der Waals surface area contributed by atoms with E-state index in [1.54, 1.807) is 6.33 Å². The Labute approximate surface area is 148 Å². The Morgan fingerprint density at radius 2 is 1.12 bits per heavy atom. The summed E-state index contributed by atoms with van der Waals surface area (Å²) in [5.74, 6) is 2.86. The van der Waals surface area contributed by atoms with Crippen molar-refractivity contribution in [1.82, 2.24) is 19.9 Å². The summed E-state index contributed by atoms with van der Waals surface area (Å²) in [6, 6.07) is 0. The molecule has 2 aromatic rings. The number of nitrogens with zero attached hydrogens (tertiary/aromatic N) is 7. The number of anilines is 3. The van der Waals surface area contributed by atoms with E-state index in [1.807, 2.05) is 0 Å². The summed E-state index contributed by atoms with van der Waals surface area (Å²) in [6.07, 6.45) is 9.07. The lowest BCUT2D eigenvalue weighted by Gasteiger charge is -2.24. The predicted molar refractivity (Wildman–Crippen MR) is 99.5 cm³/mol. The molecule has 0 radical (unpaired) electrons. The van der Waals surface area contributed by atoms with Crippen molar-refractivity contribution in [2.24, 2.45) is 0 Å². The molecule has 3 saturated heterocycles. The van der Waals surface area contributed by atoms with Crippen molar-refractivity contribution in [3.63, 3.8) is 0 Å². The second-order valence-corrected chi connectivity index (χ2v) is 7.32. The van der Waals surface area contributed by atoms with Crippen molar-refractivity contribution in [2.75, 3.05) is 54.0 Å². The molecule has 2 aromatic heterocycles. The molecule has 5 rings (SSSR count). The van der Waals surface area contributed by atoms with Gasteiger partial charge in [-0.25, -0.2) is 15.0 Å². The van der Waals surface area contributed by atoms with Crippen LogP contribution in [0.1, 0.15) is 38.5 Å². The first-order valence-electron chi connectivity index (χ1n) is 9.68. The van der Waals surface area contributed by atoms with Gasteiger partial charge in [-0.1, -0.05) is 0 Å². The van der Waals surface area contributed by atoms with E-state index in [-0.39, 0.29) is 0 Å². The fourth-order valence-corrected chi connectivity index (χ4v) is 4.28. The van der Waals surface area contributed by atoms with Crippen LogP contribution in [-0.4, -0.2) is 59.2 Å². The minimum Gasteiger partial charge on any atom is -0.355 e. The zero-order valence-electron chi connectivity index (χ0n) is 14.7. The first-order valence-corrected chi connectivity index (χ1v) is 9.68. The highest BCUT2D eigenvalue weighted by molar-refractivity contribution is 5.94. The van der Waals surface area contributed by atoms with Gasteiger partial charge in [-0.05, 0) is 38.5 Å². The van der Waals surface area contributed by atoms with Gasteiger partial charge in [0.15, 0.2) is 11.6 Å². The van der Waals surface area contributed by atoms with Crippen LogP contribution in [0.2, 0.25) is 0 Å². The maximum absolute atomic E-state index is 4.96. The Bertz CT molecular complexity index is 759. The minimum absolute atomic E-state index is 0.863. The highest BCUT2D eigenvalue weighted by Gasteiger charge is 2.26. The second-order valence-electron chi connectivity index (χ2n) is 7.32. The lowest BCUT2D eigenvalue weighted by atomic mass is 10.3. The molecule has 0 aromatic carbocycles. The molecule has 0 unspecified atom stereocenters. The number of fused-ring (bicyclic) bond motifs is 1. The molecular formula is C18H25N7. The van der Waals surface area contributed by atoms with E-state index in [0.29, 0.717) is 0 Å². The number of hydrogen-bond donors (Lipinski definition) is 0. The van der Waals surface area contributed by atoms with E-state index in [1.165, 1.54) is 38.5 Å². The third-order valence-electron chi connectivity index (χ3n) is 5.63. The van der Waals surface area contributed by atoms with Crippen LogP contribution in [-0.2, 0) is 0 Å². The molecule has 0 amide bonds. The summed E-state index contributed by atoms with van der Waals surface area (Å²) in [5, 5.41) is 0. The molecule has 0 N–H and O–H groups in total. The average molecular weight is 339 g/mol. The SMILES string of the molecule is c1nc(N2CCCC2)c2nc(N3CCCC3)nc(N3CCCC3)c2n1. The molecule has 25 heavy (non-hydrogen) atoms. The topological polar surface area (TPSA) is 61.3 Å². The second kappa shape index (κ2) is 6.28. The van der Waals surface area contributed by atoms with Gasteiger partial charge < -0.3 is 14.7 Å². The van der Waals surface area contributed by atoms with Crippen LogP contribution in [0, 0.1) is 0 Å². The molecule has 7 heteroatoms. The van der Waals surface area contributed by atoms with Crippen LogP contribution in [0.15, 0.2) is 6.33 Å². The highest BCUT2D eigenvalue weighted by Crippen LogP contribution is 2.33. The van der Waals surface area contributed by atoms with Gasteiger partial charge in [0.2, 0.25) is 5.95 Å². The van der Waals surface area contributed by atoms with Crippen LogP contribution in [0.25, 0.3) is 11.0 Å². The molecule has 3 aliphatic heterocycles. The molecule has 0 aliphatic carbocycles. The maximum atomic E-state index is 4.96. The van der Waals surface area contributed by atoms with Gasteiger partial charge in [0, 0.05) is 39.3 Å². The molecule has 132 valence electrons. The van der Waals surface area contributed by atoms with Crippen LogP contribution in [0.4, 0.5) is 17.6 Å². The first-order chi connectivity index (χ1) is 12.4. The molecule has 3 aliphatic rings. The fraction of sp³-hybridized carbons (Fsp3) is 0.667. The maximum Gasteiger partial charge on any atom is 0.228 e. The van der Waals surface area contributed by atoms with Gasteiger partial charge in [0.1, 0.15) is 17.4 Å². The smallest absolute Gasteiger partial charge is 0.228 e. The van der Waals surface area contributed by atoms with Crippen LogP contribution < -0.4 is 14.7 Å². The molecule has 7 nitrogen and oxygen atoms in total. The molecule has 0 spiro atoms. The van der Waals surface area contributed by atoms with E-state index >= 15 is 0 Å². The van der Waals surface area contributed by atoms with Crippen molar-refractivity contribution in [3.05, 3.63) is 6.33 Å². The summed E-state index contributed by atoms with van der Waals surface area (Å²) >= 11 is 0. The lowest BCUT2D eigenvalue weighted by Crippen LogP contribution is -2.26. The monoisotopic (exact) mass is 339 g/mol. The van der Waals surface area contributed by atoms with Crippen molar-refractivity contribution in [3.8, 4) is 0 Å². The quantitative estimate of drug-likeness (QED) is 0.849. The molecule has 0 atom stereocenters. The fourth-order valence-electron chi connectivity index (χ4n) is 4.28. The Morgan fingerprint density at radius 1 is 0.560 bits per heavy atom. The van der Waals surface area contributed by atoms with E-state index in [0.717, 1.165) is 67.9 Å². The minimum atomic E-state index is 0.863. The molecule has 0 bridgehead atoms. The third kappa shape index (κ3) is 2.65. The summed E-state index contributed by atoms with van der Waals surface area (Å²) in [6.45, 7) is 6.36. The van der Waals surface area contributed by atoms with Gasteiger partial charge in [0.05, 0.1) is 0 Å². The van der Waals surface area contributed by atoms with Crippen LogP contribution in [0.3, 0.4) is 0 Å². The van der Waals surface area contributed by atoms with Crippen LogP contribution in [0.5, 0.6) is 0 Å². The van der Waals surface area contributed by atoms with Gasteiger partial charge in [-0.3, -0.25) is 0 Å². The highest BCUT2D eigenvalue weighted by atomic mass is 15.3. The summed E-state index contributed by atoms with van der Waals surface area (Å²) in [5.41, 5.74) is 1.85. The Morgan fingerprint density at radius 3 is 1.76 bits per heavy atom. The van der Waals surface area contributed by atoms with E-state index in [9.17, 15) is 0 Å². The molecule has 3 fully saturated rings. The number of hydrogen-bond acceptors (Lipinski definition) is 7. The molecular weight excluding hydrogens is 314 g/mol. The lowest BCUT2D eigenvalue weighted by molar-refractivity contribution is 0.874.